The number of rotatable bonds is 3. The van der Waals surface area contributed by atoms with Gasteiger partial charge in [0.15, 0.2) is 0 Å². The van der Waals surface area contributed by atoms with Gasteiger partial charge in [0.25, 0.3) is 0 Å². The fourth-order valence-corrected chi connectivity index (χ4v) is 1.58. The Labute approximate surface area is 105 Å². The number of hydrazone groups is 1. The van der Waals surface area contributed by atoms with Gasteiger partial charge in [-0.15, -0.1) is 5.10 Å². The van der Waals surface area contributed by atoms with Crippen LogP contribution >= 0.6 is 0 Å². The Morgan fingerprint density at radius 3 is 2.94 bits per heavy atom. The number of nitrogens with one attached hydrogen (secondary N) is 1. The first-order chi connectivity index (χ1) is 8.72. The number of hydrogen-bond donors (Lipinski definition) is 1. The molecule has 6 nitrogen and oxygen atoms in total. The van der Waals surface area contributed by atoms with Crippen LogP contribution in [0.4, 0.5) is 5.69 Å². The summed E-state index contributed by atoms with van der Waals surface area (Å²) in [6, 6.07) is 7.34. The van der Waals surface area contributed by atoms with Crippen LogP contribution in [-0.4, -0.2) is 44.0 Å². The summed E-state index contributed by atoms with van der Waals surface area (Å²) in [7, 11) is 3.37. The predicted molar refractivity (Wildman–Crippen MR) is 67.6 cm³/mol. The normalized spacial score (nSPS) is 17.6. The van der Waals surface area contributed by atoms with E-state index in [1.165, 1.54) is 0 Å². The fourth-order valence-electron chi connectivity index (χ4n) is 1.58. The molecule has 96 valence electrons. The first-order valence-electron chi connectivity index (χ1n) is 5.57. The average Bonchev–Trinajstić information content (AvgIpc) is 2.38. The topological polar surface area (TPSA) is 63.2 Å². The van der Waals surface area contributed by atoms with Crippen molar-refractivity contribution >= 4 is 17.5 Å². The van der Waals surface area contributed by atoms with Crippen molar-refractivity contribution in [2.75, 3.05) is 32.7 Å². The number of ether oxygens (including phenoxy) is 2. The third-order valence-electron chi connectivity index (χ3n) is 2.59. The molecule has 1 fully saturated rings. The lowest BCUT2D eigenvalue weighted by Gasteiger charge is -2.24. The minimum Gasteiger partial charge on any atom is -0.495 e. The molecular weight excluding hydrogens is 234 g/mol. The van der Waals surface area contributed by atoms with Crippen molar-refractivity contribution in [1.29, 1.82) is 0 Å². The van der Waals surface area contributed by atoms with Gasteiger partial charge in [-0.05, 0) is 12.1 Å². The summed E-state index contributed by atoms with van der Waals surface area (Å²) in [5.74, 6) is 0.493. The summed E-state index contributed by atoms with van der Waals surface area (Å²) in [4.78, 5) is 13.3. The quantitative estimate of drug-likeness (QED) is 0.637. The molecule has 0 aliphatic carbocycles. The number of amidine groups is 1. The van der Waals surface area contributed by atoms with Crippen molar-refractivity contribution in [3.05, 3.63) is 24.3 Å². The minimum atomic E-state index is -0.425. The van der Waals surface area contributed by atoms with E-state index in [1.54, 1.807) is 19.1 Å². The van der Waals surface area contributed by atoms with Gasteiger partial charge in [0, 0.05) is 7.05 Å². The molecule has 18 heavy (non-hydrogen) atoms. The summed E-state index contributed by atoms with van der Waals surface area (Å²) >= 11 is 0. The second-order valence-corrected chi connectivity index (χ2v) is 3.80. The van der Waals surface area contributed by atoms with Crippen LogP contribution in [0.25, 0.3) is 0 Å². The summed E-state index contributed by atoms with van der Waals surface area (Å²) < 4.78 is 10.1. The number of para-hydroxylation sites is 2. The van der Waals surface area contributed by atoms with E-state index in [1.807, 2.05) is 24.3 Å². The van der Waals surface area contributed by atoms with Gasteiger partial charge in [0.2, 0.25) is 5.84 Å². The number of carbonyl (C=O) groups excluding carboxylic acids is 1. The maximum Gasteiger partial charge on any atom is 0.376 e. The molecule has 2 rings (SSSR count). The zero-order valence-electron chi connectivity index (χ0n) is 10.3. The molecule has 0 aromatic heterocycles. The van der Waals surface area contributed by atoms with Crippen LogP contribution in [0.3, 0.4) is 0 Å². The smallest absolute Gasteiger partial charge is 0.376 e. The average molecular weight is 249 g/mol. The number of methoxy groups -OCH3 is 1. The number of carbonyl (C=O) groups is 1. The van der Waals surface area contributed by atoms with E-state index < -0.39 is 5.97 Å². The van der Waals surface area contributed by atoms with E-state index in [4.69, 9.17) is 9.47 Å². The Kier molecular flexibility index (Phi) is 3.66. The number of hydrogen-bond acceptors (Lipinski definition) is 5. The minimum absolute atomic E-state index is 0.257. The first-order valence-corrected chi connectivity index (χ1v) is 5.57. The second-order valence-electron chi connectivity index (χ2n) is 3.80. The van der Waals surface area contributed by atoms with Crippen molar-refractivity contribution in [3.8, 4) is 5.75 Å². The molecule has 0 atom stereocenters. The first kappa shape index (κ1) is 12.2. The SMILES string of the molecule is COc1ccccc1N/N=C1/C(=O)OCCN1C. The van der Waals surface area contributed by atoms with Gasteiger partial charge in [-0.2, -0.15) is 0 Å². The van der Waals surface area contributed by atoms with E-state index in [0.717, 1.165) is 0 Å². The molecule has 1 N–H and O–H groups in total. The molecule has 0 spiro atoms. The monoisotopic (exact) mass is 249 g/mol. The molecule has 6 heteroatoms. The Hall–Kier alpha value is -2.24. The van der Waals surface area contributed by atoms with Gasteiger partial charge < -0.3 is 14.4 Å². The molecule has 0 radical (unpaired) electrons. The standard InChI is InChI=1S/C12H15N3O3/c1-15-7-8-18-12(16)11(15)14-13-9-5-3-4-6-10(9)17-2/h3-6,13H,7-8H2,1-2H3/b14-11-. The molecule has 1 aromatic rings. The molecular formula is C12H15N3O3. The molecule has 0 saturated carbocycles. The van der Waals surface area contributed by atoms with Crippen LogP contribution in [0, 0.1) is 0 Å². The zero-order chi connectivity index (χ0) is 13.0. The van der Waals surface area contributed by atoms with Crippen LogP contribution in [0.5, 0.6) is 5.75 Å². The van der Waals surface area contributed by atoms with Gasteiger partial charge >= 0.3 is 5.97 Å². The summed E-state index contributed by atoms with van der Waals surface area (Å²) in [6.07, 6.45) is 0. The summed E-state index contributed by atoms with van der Waals surface area (Å²) in [5, 5.41) is 4.06. The van der Waals surface area contributed by atoms with Crippen molar-refractivity contribution in [1.82, 2.24) is 4.90 Å². The number of anilines is 1. The van der Waals surface area contributed by atoms with Crippen molar-refractivity contribution in [2.45, 2.75) is 0 Å². The highest BCUT2D eigenvalue weighted by atomic mass is 16.5. The van der Waals surface area contributed by atoms with Gasteiger partial charge in [0.1, 0.15) is 12.4 Å². The number of cyclic esters (lactones) is 1. The van der Waals surface area contributed by atoms with E-state index in [-0.39, 0.29) is 5.84 Å². The van der Waals surface area contributed by atoms with Gasteiger partial charge in [-0.25, -0.2) is 4.79 Å². The van der Waals surface area contributed by atoms with Crippen LogP contribution in [0.1, 0.15) is 0 Å². The largest absolute Gasteiger partial charge is 0.495 e. The Bertz CT molecular complexity index is 473. The van der Waals surface area contributed by atoms with Crippen molar-refractivity contribution in [3.63, 3.8) is 0 Å². The molecule has 1 heterocycles. The lowest BCUT2D eigenvalue weighted by Crippen LogP contribution is -2.43. The van der Waals surface area contributed by atoms with Crippen molar-refractivity contribution < 1.29 is 14.3 Å². The lowest BCUT2D eigenvalue weighted by atomic mass is 10.3. The number of benzene rings is 1. The van der Waals surface area contributed by atoms with E-state index >= 15 is 0 Å². The maximum atomic E-state index is 11.5. The summed E-state index contributed by atoms with van der Waals surface area (Å²) in [5.41, 5.74) is 3.51. The molecule has 1 aliphatic rings. The maximum absolute atomic E-state index is 11.5. The lowest BCUT2D eigenvalue weighted by molar-refractivity contribution is -0.138. The highest BCUT2D eigenvalue weighted by Crippen LogP contribution is 2.22. The molecule has 0 bridgehead atoms. The second kappa shape index (κ2) is 5.39. The highest BCUT2D eigenvalue weighted by Gasteiger charge is 2.23. The third kappa shape index (κ3) is 2.53. The van der Waals surface area contributed by atoms with Crippen LogP contribution < -0.4 is 10.2 Å². The molecule has 0 amide bonds. The Morgan fingerprint density at radius 2 is 2.22 bits per heavy atom. The van der Waals surface area contributed by atoms with Crippen LogP contribution in [0.2, 0.25) is 0 Å². The van der Waals surface area contributed by atoms with Gasteiger partial charge in [0.05, 0.1) is 19.3 Å². The summed E-state index contributed by atoms with van der Waals surface area (Å²) in [6.45, 7) is 1.03. The van der Waals surface area contributed by atoms with E-state index in [0.29, 0.717) is 24.6 Å². The number of nitrogens with zero attached hydrogens (tertiary/aromatic N) is 2. The van der Waals surface area contributed by atoms with Gasteiger partial charge in [-0.1, -0.05) is 12.1 Å². The van der Waals surface area contributed by atoms with Crippen LogP contribution in [0.15, 0.2) is 29.4 Å². The van der Waals surface area contributed by atoms with E-state index in [2.05, 4.69) is 10.5 Å². The number of morpholine rings is 1. The molecule has 1 aromatic carbocycles. The third-order valence-corrected chi connectivity index (χ3v) is 2.59. The fraction of sp³-hybridized carbons (Fsp3) is 0.333. The Balaban J connectivity index is 2.16. The Morgan fingerprint density at radius 1 is 1.44 bits per heavy atom. The number of likely N-dealkylation sites (N-methyl/N-ethyl adjacent to an activating group) is 1. The molecule has 1 saturated heterocycles. The zero-order valence-corrected chi connectivity index (χ0v) is 10.3. The number of esters is 1. The van der Waals surface area contributed by atoms with Crippen LogP contribution in [-0.2, 0) is 9.53 Å². The van der Waals surface area contributed by atoms with Gasteiger partial charge in [-0.3, -0.25) is 5.43 Å². The van der Waals surface area contributed by atoms with Crippen molar-refractivity contribution in [2.24, 2.45) is 5.10 Å². The molecule has 1 aliphatic heterocycles. The predicted octanol–water partition coefficient (Wildman–Crippen LogP) is 0.909. The molecule has 0 unspecified atom stereocenters. The van der Waals surface area contributed by atoms with E-state index in [9.17, 15) is 4.79 Å². The highest BCUT2D eigenvalue weighted by molar-refractivity contribution is 6.35.